The van der Waals surface area contributed by atoms with Crippen molar-refractivity contribution in [3.63, 3.8) is 0 Å². The topological polar surface area (TPSA) is 37.4 Å². The van der Waals surface area contributed by atoms with Crippen molar-refractivity contribution in [2.45, 2.75) is 12.7 Å². The maximum atomic E-state index is 12.7. The van der Waals surface area contributed by atoms with E-state index in [4.69, 9.17) is 0 Å². The number of carbonyl (C=O) groups excluding carboxylic acids is 2. The summed E-state index contributed by atoms with van der Waals surface area (Å²) in [6.45, 7) is -0.184. The van der Waals surface area contributed by atoms with Crippen LogP contribution in [0.15, 0.2) is 48.5 Å². The van der Waals surface area contributed by atoms with Crippen LogP contribution in [0.25, 0.3) is 0 Å². The molecule has 0 unspecified atom stereocenters. The highest BCUT2D eigenvalue weighted by molar-refractivity contribution is 6.21. The van der Waals surface area contributed by atoms with Gasteiger partial charge in [0.2, 0.25) is 0 Å². The van der Waals surface area contributed by atoms with E-state index in [0.29, 0.717) is 0 Å². The van der Waals surface area contributed by atoms with Gasteiger partial charge in [0.05, 0.1) is 23.2 Å². The van der Waals surface area contributed by atoms with Gasteiger partial charge in [0.15, 0.2) is 0 Å². The Morgan fingerprint density at radius 1 is 0.864 bits per heavy atom. The summed E-state index contributed by atoms with van der Waals surface area (Å²) in [5, 5.41) is 0. The van der Waals surface area contributed by atoms with Gasteiger partial charge in [-0.1, -0.05) is 24.3 Å². The van der Waals surface area contributed by atoms with Crippen LogP contribution in [0.3, 0.4) is 0 Å². The molecule has 0 aromatic heterocycles. The number of halogens is 3. The van der Waals surface area contributed by atoms with Gasteiger partial charge in [0.25, 0.3) is 11.8 Å². The fourth-order valence-corrected chi connectivity index (χ4v) is 2.41. The van der Waals surface area contributed by atoms with Gasteiger partial charge in [-0.05, 0) is 29.8 Å². The first-order chi connectivity index (χ1) is 10.4. The number of amides is 2. The standard InChI is InChI=1S/C16H10F3NO2/c17-16(18,19)11-5-3-4-10(8-11)9-20-14(21)12-6-1-2-7-13(12)15(20)22/h1-8H,9H2. The van der Waals surface area contributed by atoms with Crippen molar-refractivity contribution in [1.82, 2.24) is 4.90 Å². The summed E-state index contributed by atoms with van der Waals surface area (Å²) in [4.78, 5) is 25.3. The molecule has 2 amide bonds. The van der Waals surface area contributed by atoms with E-state index in [1.54, 1.807) is 12.1 Å². The van der Waals surface area contributed by atoms with E-state index in [2.05, 4.69) is 0 Å². The SMILES string of the molecule is O=C1c2ccccc2C(=O)N1Cc1cccc(C(F)(F)F)c1. The highest BCUT2D eigenvalue weighted by Crippen LogP contribution is 2.30. The van der Waals surface area contributed by atoms with E-state index >= 15 is 0 Å². The summed E-state index contributed by atoms with van der Waals surface area (Å²) < 4.78 is 38.1. The van der Waals surface area contributed by atoms with Crippen molar-refractivity contribution in [3.8, 4) is 0 Å². The van der Waals surface area contributed by atoms with Crippen LogP contribution < -0.4 is 0 Å². The monoisotopic (exact) mass is 305 g/mol. The molecule has 1 aliphatic rings. The molecule has 1 aliphatic heterocycles. The molecule has 3 rings (SSSR count). The number of benzene rings is 2. The molecule has 3 nitrogen and oxygen atoms in total. The molecule has 0 bridgehead atoms. The van der Waals surface area contributed by atoms with Gasteiger partial charge in [-0.25, -0.2) is 0 Å². The first-order valence-corrected chi connectivity index (χ1v) is 6.49. The second-order valence-corrected chi connectivity index (χ2v) is 4.94. The van der Waals surface area contributed by atoms with Gasteiger partial charge in [-0.15, -0.1) is 0 Å². The molecule has 0 saturated carbocycles. The van der Waals surface area contributed by atoms with Crippen molar-refractivity contribution in [1.29, 1.82) is 0 Å². The smallest absolute Gasteiger partial charge is 0.270 e. The van der Waals surface area contributed by atoms with Crippen molar-refractivity contribution in [3.05, 3.63) is 70.8 Å². The molecule has 0 atom stereocenters. The van der Waals surface area contributed by atoms with E-state index in [0.717, 1.165) is 17.0 Å². The average Bonchev–Trinajstić information content (AvgIpc) is 2.72. The van der Waals surface area contributed by atoms with Crippen LogP contribution in [0.2, 0.25) is 0 Å². The highest BCUT2D eigenvalue weighted by atomic mass is 19.4. The molecule has 112 valence electrons. The summed E-state index contributed by atoms with van der Waals surface area (Å²) in [6, 6.07) is 10.9. The molecule has 0 aliphatic carbocycles. The number of alkyl halides is 3. The fourth-order valence-electron chi connectivity index (χ4n) is 2.41. The predicted octanol–water partition coefficient (Wildman–Crippen LogP) is 3.50. The van der Waals surface area contributed by atoms with Gasteiger partial charge in [0, 0.05) is 0 Å². The minimum Gasteiger partial charge on any atom is -0.270 e. The normalized spacial score (nSPS) is 14.4. The van der Waals surface area contributed by atoms with Crippen molar-refractivity contribution in [2.24, 2.45) is 0 Å². The number of hydrogen-bond acceptors (Lipinski definition) is 2. The van der Waals surface area contributed by atoms with Gasteiger partial charge in [-0.3, -0.25) is 14.5 Å². The summed E-state index contributed by atoms with van der Waals surface area (Å²) in [5.74, 6) is -0.976. The largest absolute Gasteiger partial charge is 0.416 e. The molecule has 2 aromatic carbocycles. The minimum absolute atomic E-state index is 0.184. The van der Waals surface area contributed by atoms with Crippen molar-refractivity contribution in [2.75, 3.05) is 0 Å². The van der Waals surface area contributed by atoms with Crippen LogP contribution in [0.5, 0.6) is 0 Å². The summed E-state index contributed by atoms with van der Waals surface area (Å²) in [7, 11) is 0. The highest BCUT2D eigenvalue weighted by Gasteiger charge is 2.35. The number of imide groups is 1. The zero-order valence-corrected chi connectivity index (χ0v) is 11.2. The Kier molecular flexibility index (Phi) is 3.24. The van der Waals surface area contributed by atoms with Gasteiger partial charge >= 0.3 is 6.18 Å². The summed E-state index contributed by atoms with van der Waals surface area (Å²) in [6.07, 6.45) is -4.46. The van der Waals surface area contributed by atoms with E-state index in [-0.39, 0.29) is 23.2 Å². The second kappa shape index (κ2) is 4.98. The Bertz CT molecular complexity index is 733. The number of carbonyl (C=O) groups is 2. The zero-order valence-electron chi connectivity index (χ0n) is 11.2. The molecule has 22 heavy (non-hydrogen) atoms. The van der Waals surface area contributed by atoms with Crippen LogP contribution in [-0.2, 0) is 12.7 Å². The van der Waals surface area contributed by atoms with Crippen molar-refractivity contribution >= 4 is 11.8 Å². The number of rotatable bonds is 2. The van der Waals surface area contributed by atoms with Crippen LogP contribution in [0.1, 0.15) is 31.8 Å². The maximum Gasteiger partial charge on any atom is 0.416 e. The second-order valence-electron chi connectivity index (χ2n) is 4.94. The molecule has 0 fully saturated rings. The summed E-state index contributed by atoms with van der Waals surface area (Å²) >= 11 is 0. The van der Waals surface area contributed by atoms with Crippen LogP contribution >= 0.6 is 0 Å². The Morgan fingerprint density at radius 2 is 1.45 bits per heavy atom. The Balaban J connectivity index is 1.89. The third-order valence-electron chi connectivity index (χ3n) is 3.47. The predicted molar refractivity (Wildman–Crippen MR) is 72.1 cm³/mol. The van der Waals surface area contributed by atoms with E-state index < -0.39 is 23.6 Å². The molecule has 0 radical (unpaired) electrons. The molecule has 0 saturated heterocycles. The summed E-state index contributed by atoms with van der Waals surface area (Å²) in [5.41, 5.74) is 0.00453. The molecule has 0 N–H and O–H groups in total. The first kappa shape index (κ1) is 14.3. The molecular weight excluding hydrogens is 295 g/mol. The van der Waals surface area contributed by atoms with Crippen molar-refractivity contribution < 1.29 is 22.8 Å². The lowest BCUT2D eigenvalue weighted by atomic mass is 10.1. The lowest BCUT2D eigenvalue weighted by Crippen LogP contribution is -2.29. The van der Waals surface area contributed by atoms with E-state index in [1.807, 2.05) is 0 Å². The number of fused-ring (bicyclic) bond motifs is 1. The van der Waals surface area contributed by atoms with E-state index in [9.17, 15) is 22.8 Å². The van der Waals surface area contributed by atoms with E-state index in [1.165, 1.54) is 24.3 Å². The zero-order chi connectivity index (χ0) is 15.9. The van der Waals surface area contributed by atoms with Gasteiger partial charge in [-0.2, -0.15) is 13.2 Å². The number of hydrogen-bond donors (Lipinski definition) is 0. The van der Waals surface area contributed by atoms with Crippen LogP contribution in [0, 0.1) is 0 Å². The first-order valence-electron chi connectivity index (χ1n) is 6.49. The molecule has 6 heteroatoms. The number of nitrogens with zero attached hydrogens (tertiary/aromatic N) is 1. The molecule has 1 heterocycles. The lowest BCUT2D eigenvalue weighted by Gasteiger charge is -2.15. The Hall–Kier alpha value is -2.63. The quantitative estimate of drug-likeness (QED) is 0.796. The van der Waals surface area contributed by atoms with Crippen LogP contribution in [-0.4, -0.2) is 16.7 Å². The Labute approximate surface area is 124 Å². The maximum absolute atomic E-state index is 12.7. The lowest BCUT2D eigenvalue weighted by molar-refractivity contribution is -0.137. The Morgan fingerprint density at radius 3 is 2.00 bits per heavy atom. The van der Waals surface area contributed by atoms with Crippen LogP contribution in [0.4, 0.5) is 13.2 Å². The third kappa shape index (κ3) is 2.36. The van der Waals surface area contributed by atoms with Gasteiger partial charge in [0.1, 0.15) is 0 Å². The molecule has 2 aromatic rings. The third-order valence-corrected chi connectivity index (χ3v) is 3.47. The fraction of sp³-hybridized carbons (Fsp3) is 0.125. The van der Waals surface area contributed by atoms with Gasteiger partial charge < -0.3 is 0 Å². The molecule has 0 spiro atoms. The molecular formula is C16H10F3NO2. The average molecular weight is 305 g/mol. The minimum atomic E-state index is -4.46.